The molecule has 0 saturated carbocycles. The van der Waals surface area contributed by atoms with Crippen LogP contribution in [0.5, 0.6) is 0 Å². The summed E-state index contributed by atoms with van der Waals surface area (Å²) in [6.45, 7) is 5.15. The van der Waals surface area contributed by atoms with E-state index in [2.05, 4.69) is 15.2 Å². The summed E-state index contributed by atoms with van der Waals surface area (Å²) in [6, 6.07) is 13.6. The number of fused-ring (bicyclic) bond motifs is 1. The number of morpholine rings is 1. The molecule has 1 fully saturated rings. The lowest BCUT2D eigenvalue weighted by Gasteiger charge is -2.28. The first-order valence-electron chi connectivity index (χ1n) is 8.40. The van der Waals surface area contributed by atoms with Gasteiger partial charge in [0, 0.05) is 30.7 Å². The van der Waals surface area contributed by atoms with Crippen molar-refractivity contribution in [3.8, 4) is 0 Å². The normalized spacial score (nSPS) is 14.7. The van der Waals surface area contributed by atoms with Crippen LogP contribution in [0.3, 0.4) is 0 Å². The molecule has 1 amide bonds. The average molecular weight is 336 g/mol. The molecule has 1 aliphatic heterocycles. The first-order valence-corrected chi connectivity index (χ1v) is 8.40. The van der Waals surface area contributed by atoms with Gasteiger partial charge < -0.3 is 15.0 Å². The van der Waals surface area contributed by atoms with Gasteiger partial charge in [0.25, 0.3) is 5.91 Å². The fraction of sp³-hybridized carbons (Fsp3) is 0.263. The third-order valence-corrected chi connectivity index (χ3v) is 4.42. The van der Waals surface area contributed by atoms with E-state index >= 15 is 0 Å². The van der Waals surface area contributed by atoms with Crippen molar-refractivity contribution in [2.75, 3.05) is 36.5 Å². The van der Waals surface area contributed by atoms with Crippen LogP contribution >= 0.6 is 0 Å². The third kappa shape index (κ3) is 3.08. The summed E-state index contributed by atoms with van der Waals surface area (Å²) >= 11 is 0. The summed E-state index contributed by atoms with van der Waals surface area (Å²) in [5, 5.41) is 2.96. The van der Waals surface area contributed by atoms with Gasteiger partial charge in [-0.1, -0.05) is 6.07 Å². The highest BCUT2D eigenvalue weighted by atomic mass is 16.5. The Balaban J connectivity index is 1.53. The molecule has 1 aliphatic rings. The van der Waals surface area contributed by atoms with Crippen molar-refractivity contribution in [1.82, 2.24) is 9.38 Å². The number of nitrogens with zero attached hydrogens (tertiary/aromatic N) is 3. The molecule has 25 heavy (non-hydrogen) atoms. The van der Waals surface area contributed by atoms with Crippen LogP contribution in [0.1, 0.15) is 16.2 Å². The first kappa shape index (κ1) is 15.7. The summed E-state index contributed by atoms with van der Waals surface area (Å²) in [7, 11) is 0. The fourth-order valence-corrected chi connectivity index (χ4v) is 3.15. The largest absolute Gasteiger partial charge is 0.378 e. The van der Waals surface area contributed by atoms with Crippen molar-refractivity contribution in [2.45, 2.75) is 6.92 Å². The predicted octanol–water partition coefficient (Wildman–Crippen LogP) is 2.73. The number of nitrogens with one attached hydrogen (secondary N) is 1. The lowest BCUT2D eigenvalue weighted by molar-refractivity contribution is 0.102. The molecule has 6 heteroatoms. The van der Waals surface area contributed by atoms with Crippen LogP contribution < -0.4 is 10.2 Å². The Morgan fingerprint density at radius 3 is 2.64 bits per heavy atom. The van der Waals surface area contributed by atoms with Crippen LogP contribution in [0.15, 0.2) is 48.7 Å². The minimum Gasteiger partial charge on any atom is -0.378 e. The van der Waals surface area contributed by atoms with Gasteiger partial charge in [0.05, 0.1) is 18.9 Å². The number of pyridine rings is 1. The number of hydrogen-bond acceptors (Lipinski definition) is 4. The Labute approximate surface area is 146 Å². The second-order valence-electron chi connectivity index (χ2n) is 6.08. The number of anilines is 2. The van der Waals surface area contributed by atoms with E-state index in [9.17, 15) is 4.79 Å². The summed E-state index contributed by atoms with van der Waals surface area (Å²) in [5.41, 5.74) is 3.97. The number of carbonyl (C=O) groups excluding carboxylic acids is 1. The van der Waals surface area contributed by atoms with Gasteiger partial charge in [-0.3, -0.25) is 9.20 Å². The van der Waals surface area contributed by atoms with Crippen LogP contribution in [0.25, 0.3) is 5.65 Å². The molecule has 0 bridgehead atoms. The molecule has 0 atom stereocenters. The first-order chi connectivity index (χ1) is 12.2. The van der Waals surface area contributed by atoms with Gasteiger partial charge in [-0.25, -0.2) is 4.98 Å². The van der Waals surface area contributed by atoms with Gasteiger partial charge in [0.15, 0.2) is 0 Å². The minimum absolute atomic E-state index is 0.157. The van der Waals surface area contributed by atoms with Gasteiger partial charge in [0.2, 0.25) is 0 Å². The monoisotopic (exact) mass is 336 g/mol. The second-order valence-corrected chi connectivity index (χ2v) is 6.08. The topological polar surface area (TPSA) is 58.9 Å². The lowest BCUT2D eigenvalue weighted by Crippen LogP contribution is -2.36. The number of rotatable bonds is 3. The van der Waals surface area contributed by atoms with Gasteiger partial charge in [-0.2, -0.15) is 0 Å². The molecule has 1 N–H and O–H groups in total. The van der Waals surface area contributed by atoms with E-state index in [0.717, 1.165) is 43.3 Å². The van der Waals surface area contributed by atoms with Crippen LogP contribution in [-0.4, -0.2) is 41.6 Å². The summed E-state index contributed by atoms with van der Waals surface area (Å²) in [5.74, 6) is -0.157. The van der Waals surface area contributed by atoms with E-state index < -0.39 is 0 Å². The van der Waals surface area contributed by atoms with Gasteiger partial charge in [-0.15, -0.1) is 0 Å². The van der Waals surface area contributed by atoms with Gasteiger partial charge >= 0.3 is 0 Å². The Morgan fingerprint density at radius 2 is 1.88 bits per heavy atom. The second kappa shape index (κ2) is 6.57. The standard InChI is InChI=1S/C19H20N4O2/c1-14-18(23-9-3-2-4-17(23)20-14)19(24)21-15-5-7-16(8-6-15)22-10-12-25-13-11-22/h2-9H,10-13H2,1H3,(H,21,24). The fourth-order valence-electron chi connectivity index (χ4n) is 3.15. The highest BCUT2D eigenvalue weighted by molar-refractivity contribution is 6.04. The molecule has 2 aromatic heterocycles. The van der Waals surface area contributed by atoms with Crippen molar-refractivity contribution >= 4 is 22.9 Å². The smallest absolute Gasteiger partial charge is 0.274 e. The van der Waals surface area contributed by atoms with Crippen LogP contribution in [0.4, 0.5) is 11.4 Å². The maximum absolute atomic E-state index is 12.7. The zero-order chi connectivity index (χ0) is 17.2. The summed E-state index contributed by atoms with van der Waals surface area (Å²) < 4.78 is 7.19. The number of ether oxygens (including phenoxy) is 1. The highest BCUT2D eigenvalue weighted by Crippen LogP contribution is 2.20. The quantitative estimate of drug-likeness (QED) is 0.799. The van der Waals surface area contributed by atoms with Gasteiger partial charge in [-0.05, 0) is 43.3 Å². The zero-order valence-electron chi connectivity index (χ0n) is 14.1. The SMILES string of the molecule is Cc1nc2ccccn2c1C(=O)Nc1ccc(N2CCOCC2)cc1. The Kier molecular flexibility index (Phi) is 4.11. The molecule has 1 saturated heterocycles. The minimum atomic E-state index is -0.157. The van der Waals surface area contributed by atoms with E-state index in [1.807, 2.05) is 60.0 Å². The molecule has 0 radical (unpaired) electrons. The number of imidazole rings is 1. The van der Waals surface area contributed by atoms with E-state index in [1.165, 1.54) is 0 Å². The molecule has 6 nitrogen and oxygen atoms in total. The van der Waals surface area contributed by atoms with Crippen molar-refractivity contribution in [2.24, 2.45) is 0 Å². The van der Waals surface area contributed by atoms with Crippen LogP contribution in [-0.2, 0) is 4.74 Å². The number of amides is 1. The van der Waals surface area contributed by atoms with Gasteiger partial charge in [0.1, 0.15) is 11.3 Å². The zero-order valence-corrected chi connectivity index (χ0v) is 14.1. The highest BCUT2D eigenvalue weighted by Gasteiger charge is 2.17. The molecule has 3 aromatic rings. The molecule has 4 rings (SSSR count). The van der Waals surface area contributed by atoms with Crippen LogP contribution in [0.2, 0.25) is 0 Å². The molecule has 128 valence electrons. The number of aromatic nitrogens is 2. The molecule has 0 spiro atoms. The van der Waals surface area contributed by atoms with Crippen molar-refractivity contribution < 1.29 is 9.53 Å². The van der Waals surface area contributed by atoms with E-state index in [1.54, 1.807) is 0 Å². The van der Waals surface area contributed by atoms with Crippen LogP contribution in [0, 0.1) is 6.92 Å². The molecule has 1 aromatic carbocycles. The van der Waals surface area contributed by atoms with Crippen molar-refractivity contribution in [1.29, 1.82) is 0 Å². The van der Waals surface area contributed by atoms with Crippen molar-refractivity contribution in [3.63, 3.8) is 0 Å². The van der Waals surface area contributed by atoms with E-state index in [-0.39, 0.29) is 5.91 Å². The summed E-state index contributed by atoms with van der Waals surface area (Å²) in [4.78, 5) is 19.4. The molecular formula is C19H20N4O2. The Hall–Kier alpha value is -2.86. The number of hydrogen-bond donors (Lipinski definition) is 1. The number of carbonyl (C=O) groups is 1. The molecular weight excluding hydrogens is 316 g/mol. The maximum atomic E-state index is 12.7. The average Bonchev–Trinajstić information content (AvgIpc) is 2.99. The van der Waals surface area contributed by atoms with Crippen molar-refractivity contribution in [3.05, 3.63) is 60.0 Å². The number of aryl methyl sites for hydroxylation is 1. The summed E-state index contributed by atoms with van der Waals surface area (Å²) in [6.07, 6.45) is 1.85. The maximum Gasteiger partial charge on any atom is 0.274 e. The molecule has 3 heterocycles. The predicted molar refractivity (Wildman–Crippen MR) is 97.4 cm³/mol. The Bertz CT molecular complexity index is 895. The molecule has 0 unspecified atom stereocenters. The molecule has 0 aliphatic carbocycles. The Morgan fingerprint density at radius 1 is 1.12 bits per heavy atom. The number of benzene rings is 1. The third-order valence-electron chi connectivity index (χ3n) is 4.42. The lowest BCUT2D eigenvalue weighted by atomic mass is 10.2. The van der Waals surface area contributed by atoms with E-state index in [4.69, 9.17) is 4.74 Å². The van der Waals surface area contributed by atoms with E-state index in [0.29, 0.717) is 11.4 Å².